The summed E-state index contributed by atoms with van der Waals surface area (Å²) in [6.07, 6.45) is 0.820. The van der Waals surface area contributed by atoms with E-state index in [-0.39, 0.29) is 11.9 Å². The Bertz CT molecular complexity index is 469. The molecule has 1 saturated heterocycles. The molecule has 1 fully saturated rings. The van der Waals surface area contributed by atoms with E-state index in [1.807, 2.05) is 18.2 Å². The Kier molecular flexibility index (Phi) is 5.59. The maximum Gasteiger partial charge on any atom is 0.241 e. The van der Waals surface area contributed by atoms with E-state index in [1.165, 1.54) is 0 Å². The van der Waals surface area contributed by atoms with Crippen LogP contribution in [-0.2, 0) is 4.79 Å². The molecule has 5 heteroatoms. The van der Waals surface area contributed by atoms with E-state index in [0.29, 0.717) is 5.69 Å². The van der Waals surface area contributed by atoms with Crippen molar-refractivity contribution < 1.29 is 4.79 Å². The Labute approximate surface area is 127 Å². The van der Waals surface area contributed by atoms with Gasteiger partial charge in [0.2, 0.25) is 5.91 Å². The molecule has 1 unspecified atom stereocenters. The SMILES string of the molecule is CCC(C(=O)Nc1cccc(N)c1)N1CCN(CC)CC1. The largest absolute Gasteiger partial charge is 0.399 e. The van der Waals surface area contributed by atoms with Crippen molar-refractivity contribution in [3.05, 3.63) is 24.3 Å². The number of likely N-dealkylation sites (N-methyl/N-ethyl adjacent to an activating group) is 1. The zero-order chi connectivity index (χ0) is 15.2. The second kappa shape index (κ2) is 7.43. The molecule has 1 aromatic rings. The van der Waals surface area contributed by atoms with Gasteiger partial charge in [0.25, 0.3) is 0 Å². The van der Waals surface area contributed by atoms with Crippen LogP contribution in [0.4, 0.5) is 11.4 Å². The van der Waals surface area contributed by atoms with E-state index in [9.17, 15) is 4.79 Å². The van der Waals surface area contributed by atoms with Crippen LogP contribution in [0.25, 0.3) is 0 Å². The molecule has 0 saturated carbocycles. The molecule has 1 atom stereocenters. The summed E-state index contributed by atoms with van der Waals surface area (Å²) >= 11 is 0. The highest BCUT2D eigenvalue weighted by atomic mass is 16.2. The van der Waals surface area contributed by atoms with Gasteiger partial charge in [-0.3, -0.25) is 9.69 Å². The molecule has 21 heavy (non-hydrogen) atoms. The zero-order valence-corrected chi connectivity index (χ0v) is 13.0. The van der Waals surface area contributed by atoms with Gasteiger partial charge >= 0.3 is 0 Å². The molecule has 3 N–H and O–H groups in total. The molecule has 0 bridgehead atoms. The smallest absolute Gasteiger partial charge is 0.241 e. The van der Waals surface area contributed by atoms with Crippen LogP contribution in [0.1, 0.15) is 20.3 Å². The second-order valence-corrected chi connectivity index (χ2v) is 5.51. The van der Waals surface area contributed by atoms with Crippen molar-refractivity contribution in [1.29, 1.82) is 0 Å². The van der Waals surface area contributed by atoms with Crippen molar-refractivity contribution in [2.75, 3.05) is 43.8 Å². The number of benzene rings is 1. The molecular weight excluding hydrogens is 264 g/mol. The number of rotatable bonds is 5. The summed E-state index contributed by atoms with van der Waals surface area (Å²) in [6, 6.07) is 7.27. The first-order chi connectivity index (χ1) is 10.1. The summed E-state index contributed by atoms with van der Waals surface area (Å²) in [5.41, 5.74) is 7.18. The number of nitrogen functional groups attached to an aromatic ring is 1. The van der Waals surface area contributed by atoms with Crippen LogP contribution in [-0.4, -0.2) is 54.5 Å². The Hall–Kier alpha value is -1.59. The minimum absolute atomic E-state index is 0.0630. The van der Waals surface area contributed by atoms with Gasteiger partial charge in [-0.25, -0.2) is 0 Å². The van der Waals surface area contributed by atoms with Gasteiger partial charge in [-0.1, -0.05) is 19.9 Å². The number of hydrogen-bond acceptors (Lipinski definition) is 4. The Balaban J connectivity index is 1.95. The molecule has 0 spiro atoms. The van der Waals surface area contributed by atoms with Gasteiger partial charge in [0, 0.05) is 37.6 Å². The summed E-state index contributed by atoms with van der Waals surface area (Å²) < 4.78 is 0. The van der Waals surface area contributed by atoms with Gasteiger partial charge < -0.3 is 16.0 Å². The van der Waals surface area contributed by atoms with E-state index < -0.39 is 0 Å². The average Bonchev–Trinajstić information content (AvgIpc) is 2.48. The lowest BCUT2D eigenvalue weighted by atomic mass is 10.1. The van der Waals surface area contributed by atoms with Gasteiger partial charge in [0.05, 0.1) is 6.04 Å². The first-order valence-electron chi connectivity index (χ1n) is 7.76. The van der Waals surface area contributed by atoms with Gasteiger partial charge in [-0.2, -0.15) is 0 Å². The maximum absolute atomic E-state index is 12.5. The minimum Gasteiger partial charge on any atom is -0.399 e. The first-order valence-corrected chi connectivity index (χ1v) is 7.76. The van der Waals surface area contributed by atoms with E-state index in [2.05, 4.69) is 29.0 Å². The predicted octanol–water partition coefficient (Wildman–Crippen LogP) is 1.62. The van der Waals surface area contributed by atoms with Crippen molar-refractivity contribution in [3.8, 4) is 0 Å². The van der Waals surface area contributed by atoms with Crippen LogP contribution >= 0.6 is 0 Å². The lowest BCUT2D eigenvalue weighted by Gasteiger charge is -2.37. The van der Waals surface area contributed by atoms with Crippen molar-refractivity contribution in [1.82, 2.24) is 9.80 Å². The minimum atomic E-state index is -0.0644. The molecule has 0 radical (unpaired) electrons. The van der Waals surface area contributed by atoms with E-state index in [4.69, 9.17) is 5.73 Å². The number of anilines is 2. The molecule has 5 nitrogen and oxygen atoms in total. The van der Waals surface area contributed by atoms with Crippen LogP contribution in [0.2, 0.25) is 0 Å². The average molecular weight is 290 g/mol. The Morgan fingerprint density at radius 2 is 2.00 bits per heavy atom. The van der Waals surface area contributed by atoms with Crippen LogP contribution in [0.15, 0.2) is 24.3 Å². The normalized spacial score (nSPS) is 18.4. The number of carbonyl (C=O) groups is 1. The van der Waals surface area contributed by atoms with Crippen LogP contribution < -0.4 is 11.1 Å². The van der Waals surface area contributed by atoms with Gasteiger partial charge in [0.1, 0.15) is 0 Å². The van der Waals surface area contributed by atoms with Crippen molar-refractivity contribution >= 4 is 17.3 Å². The number of carbonyl (C=O) groups excluding carboxylic acids is 1. The van der Waals surface area contributed by atoms with Crippen LogP contribution in [0.5, 0.6) is 0 Å². The predicted molar refractivity (Wildman–Crippen MR) is 87.3 cm³/mol. The quantitative estimate of drug-likeness (QED) is 0.809. The summed E-state index contributed by atoms with van der Waals surface area (Å²) in [7, 11) is 0. The van der Waals surface area contributed by atoms with Crippen LogP contribution in [0.3, 0.4) is 0 Å². The highest BCUT2D eigenvalue weighted by Gasteiger charge is 2.27. The highest BCUT2D eigenvalue weighted by Crippen LogP contribution is 2.15. The fraction of sp³-hybridized carbons (Fsp3) is 0.562. The van der Waals surface area contributed by atoms with Gasteiger partial charge in [-0.15, -0.1) is 0 Å². The van der Waals surface area contributed by atoms with Gasteiger partial charge in [0.15, 0.2) is 0 Å². The van der Waals surface area contributed by atoms with Crippen LogP contribution in [0, 0.1) is 0 Å². The molecule has 0 aliphatic carbocycles. The topological polar surface area (TPSA) is 61.6 Å². The molecule has 2 rings (SSSR count). The molecule has 1 amide bonds. The zero-order valence-electron chi connectivity index (χ0n) is 13.0. The number of piperazine rings is 1. The molecule has 1 aliphatic heterocycles. The molecule has 1 aliphatic rings. The second-order valence-electron chi connectivity index (χ2n) is 5.51. The van der Waals surface area contributed by atoms with Gasteiger partial charge in [-0.05, 0) is 31.2 Å². The summed E-state index contributed by atoms with van der Waals surface area (Å²) in [5, 5.41) is 2.98. The lowest BCUT2D eigenvalue weighted by molar-refractivity contribution is -0.122. The molecule has 1 heterocycles. The van der Waals surface area contributed by atoms with E-state index in [1.54, 1.807) is 6.07 Å². The first kappa shape index (κ1) is 15.8. The number of nitrogens with one attached hydrogen (secondary N) is 1. The number of amides is 1. The third-order valence-corrected chi connectivity index (χ3v) is 4.14. The van der Waals surface area contributed by atoms with Crippen molar-refractivity contribution in [3.63, 3.8) is 0 Å². The highest BCUT2D eigenvalue weighted by molar-refractivity contribution is 5.95. The van der Waals surface area contributed by atoms with E-state index in [0.717, 1.165) is 44.8 Å². The molecule has 0 aromatic heterocycles. The Morgan fingerprint density at radius 1 is 1.29 bits per heavy atom. The number of nitrogens with zero attached hydrogens (tertiary/aromatic N) is 2. The summed E-state index contributed by atoms with van der Waals surface area (Å²) in [4.78, 5) is 17.2. The summed E-state index contributed by atoms with van der Waals surface area (Å²) in [5.74, 6) is 0.0630. The Morgan fingerprint density at radius 3 is 2.57 bits per heavy atom. The molecule has 116 valence electrons. The standard InChI is InChI=1S/C16H26N4O/c1-3-15(20-10-8-19(4-2)9-11-20)16(21)18-14-7-5-6-13(17)12-14/h5-7,12,15H,3-4,8-11,17H2,1-2H3,(H,18,21). The maximum atomic E-state index is 12.5. The monoisotopic (exact) mass is 290 g/mol. The number of nitrogens with two attached hydrogens (primary N) is 1. The third kappa shape index (κ3) is 4.19. The molecule has 1 aromatic carbocycles. The third-order valence-electron chi connectivity index (χ3n) is 4.14. The van der Waals surface area contributed by atoms with Crippen molar-refractivity contribution in [2.24, 2.45) is 0 Å². The fourth-order valence-electron chi connectivity index (χ4n) is 2.84. The van der Waals surface area contributed by atoms with Crippen molar-refractivity contribution in [2.45, 2.75) is 26.3 Å². The molecular formula is C16H26N4O. The van der Waals surface area contributed by atoms with E-state index >= 15 is 0 Å². The fourth-order valence-corrected chi connectivity index (χ4v) is 2.84. The summed E-state index contributed by atoms with van der Waals surface area (Å²) in [6.45, 7) is 9.32. The lowest BCUT2D eigenvalue weighted by Crippen LogP contribution is -2.53. The number of hydrogen-bond donors (Lipinski definition) is 2.